The van der Waals surface area contributed by atoms with Crippen LogP contribution in [0, 0.1) is 6.92 Å². The average molecular weight is 222 g/mol. The van der Waals surface area contributed by atoms with Gasteiger partial charge < -0.3 is 9.84 Å². The minimum atomic E-state index is -0.381. The molecular weight excluding hydrogens is 204 g/mol. The predicted molar refractivity (Wildman–Crippen MR) is 59.8 cm³/mol. The third kappa shape index (κ3) is 2.23. The molecule has 1 aliphatic heterocycles. The fourth-order valence-corrected chi connectivity index (χ4v) is 2.06. The Morgan fingerprint density at radius 1 is 1.44 bits per heavy atom. The van der Waals surface area contributed by atoms with Crippen LogP contribution in [-0.4, -0.2) is 21.7 Å². The summed E-state index contributed by atoms with van der Waals surface area (Å²) in [5.41, 5.74) is 1.16. The average Bonchev–Trinajstić information content (AvgIpc) is 2.29. The lowest BCUT2D eigenvalue weighted by Gasteiger charge is -2.32. The van der Waals surface area contributed by atoms with Crippen molar-refractivity contribution in [1.82, 2.24) is 9.97 Å². The van der Waals surface area contributed by atoms with Gasteiger partial charge in [0.2, 0.25) is 0 Å². The maximum Gasteiger partial charge on any atom is 0.160 e. The first-order valence-electron chi connectivity index (χ1n) is 5.74. The van der Waals surface area contributed by atoms with E-state index in [1.165, 1.54) is 0 Å². The molecule has 2 heterocycles. The Hall–Kier alpha value is -1.00. The summed E-state index contributed by atoms with van der Waals surface area (Å²) in [5, 5.41) is 9.14. The number of hydrogen-bond acceptors (Lipinski definition) is 4. The minimum absolute atomic E-state index is 0.0492. The van der Waals surface area contributed by atoms with E-state index in [4.69, 9.17) is 9.84 Å². The summed E-state index contributed by atoms with van der Waals surface area (Å²) in [6.07, 6.45) is 3.19. The van der Waals surface area contributed by atoms with E-state index in [9.17, 15) is 0 Å². The maximum atomic E-state index is 9.14. The van der Waals surface area contributed by atoms with Crippen molar-refractivity contribution in [2.24, 2.45) is 0 Å². The molecule has 4 heteroatoms. The molecular formula is C12H18N2O2. The highest BCUT2D eigenvalue weighted by molar-refractivity contribution is 5.13. The van der Waals surface area contributed by atoms with E-state index in [2.05, 4.69) is 9.97 Å². The Kier molecular flexibility index (Phi) is 3.21. The zero-order chi connectivity index (χ0) is 11.6. The molecule has 1 aromatic heterocycles. The predicted octanol–water partition coefficient (Wildman–Crippen LogP) is 1.69. The molecule has 0 amide bonds. The molecule has 0 saturated carbocycles. The standard InChI is InChI=1S/C12H18N2O2/c1-9-7-10(8-15)14-11(13-9)12(2)5-3-4-6-16-12/h7,15H,3-6,8H2,1-2H3. The van der Waals surface area contributed by atoms with Crippen LogP contribution in [-0.2, 0) is 16.9 Å². The molecule has 0 aliphatic carbocycles. The third-order valence-electron chi connectivity index (χ3n) is 3.01. The van der Waals surface area contributed by atoms with E-state index in [0.29, 0.717) is 11.5 Å². The molecule has 1 N–H and O–H groups in total. The Balaban J connectivity index is 2.34. The fourth-order valence-electron chi connectivity index (χ4n) is 2.06. The first-order chi connectivity index (χ1) is 7.64. The molecule has 0 radical (unpaired) electrons. The normalized spacial score (nSPS) is 25.7. The van der Waals surface area contributed by atoms with E-state index in [-0.39, 0.29) is 12.2 Å². The summed E-state index contributed by atoms with van der Waals surface area (Å²) in [7, 11) is 0. The van der Waals surface area contributed by atoms with E-state index >= 15 is 0 Å². The zero-order valence-corrected chi connectivity index (χ0v) is 9.86. The Morgan fingerprint density at radius 3 is 2.88 bits per heavy atom. The van der Waals surface area contributed by atoms with E-state index in [0.717, 1.165) is 31.6 Å². The molecule has 88 valence electrons. The van der Waals surface area contributed by atoms with Crippen molar-refractivity contribution < 1.29 is 9.84 Å². The molecule has 0 bridgehead atoms. The highest BCUT2D eigenvalue weighted by atomic mass is 16.5. The molecule has 1 unspecified atom stereocenters. The summed E-state index contributed by atoms with van der Waals surface area (Å²) in [4.78, 5) is 8.79. The van der Waals surface area contributed by atoms with Gasteiger partial charge in [-0.2, -0.15) is 0 Å². The summed E-state index contributed by atoms with van der Waals surface area (Å²) < 4.78 is 5.80. The van der Waals surface area contributed by atoms with Crippen LogP contribution in [0.15, 0.2) is 6.07 Å². The second-order valence-electron chi connectivity index (χ2n) is 4.52. The Morgan fingerprint density at radius 2 is 2.25 bits per heavy atom. The molecule has 1 aliphatic rings. The Bertz CT molecular complexity index is 373. The van der Waals surface area contributed by atoms with Crippen LogP contribution in [0.3, 0.4) is 0 Å². The lowest BCUT2D eigenvalue weighted by Crippen LogP contribution is -2.32. The number of nitrogens with zero attached hydrogens (tertiary/aromatic N) is 2. The van der Waals surface area contributed by atoms with Gasteiger partial charge in [0.1, 0.15) is 5.60 Å². The first-order valence-corrected chi connectivity index (χ1v) is 5.74. The van der Waals surface area contributed by atoms with Crippen LogP contribution in [0.1, 0.15) is 43.4 Å². The van der Waals surface area contributed by atoms with Crippen LogP contribution in [0.2, 0.25) is 0 Å². The van der Waals surface area contributed by atoms with Gasteiger partial charge in [-0.05, 0) is 39.2 Å². The summed E-state index contributed by atoms with van der Waals surface area (Å²) in [6, 6.07) is 1.80. The lowest BCUT2D eigenvalue weighted by atomic mass is 9.95. The lowest BCUT2D eigenvalue weighted by molar-refractivity contribution is -0.0763. The number of aliphatic hydroxyl groups is 1. The van der Waals surface area contributed by atoms with Gasteiger partial charge in [-0.3, -0.25) is 0 Å². The molecule has 4 nitrogen and oxygen atoms in total. The van der Waals surface area contributed by atoms with Gasteiger partial charge in [-0.15, -0.1) is 0 Å². The van der Waals surface area contributed by atoms with Crippen LogP contribution >= 0.6 is 0 Å². The molecule has 1 fully saturated rings. The van der Waals surface area contributed by atoms with Gasteiger partial charge in [0.05, 0.1) is 12.3 Å². The molecule has 1 saturated heterocycles. The van der Waals surface area contributed by atoms with Crippen molar-refractivity contribution in [3.05, 3.63) is 23.3 Å². The molecule has 0 aromatic carbocycles. The monoisotopic (exact) mass is 222 g/mol. The van der Waals surface area contributed by atoms with Crippen molar-refractivity contribution in [3.8, 4) is 0 Å². The third-order valence-corrected chi connectivity index (χ3v) is 3.01. The zero-order valence-electron chi connectivity index (χ0n) is 9.86. The van der Waals surface area contributed by atoms with Crippen molar-refractivity contribution >= 4 is 0 Å². The van der Waals surface area contributed by atoms with Gasteiger partial charge in [-0.25, -0.2) is 9.97 Å². The topological polar surface area (TPSA) is 55.2 Å². The van der Waals surface area contributed by atoms with Gasteiger partial charge in [0.25, 0.3) is 0 Å². The highest BCUT2D eigenvalue weighted by Gasteiger charge is 2.33. The number of aromatic nitrogens is 2. The van der Waals surface area contributed by atoms with Gasteiger partial charge in [-0.1, -0.05) is 0 Å². The highest BCUT2D eigenvalue weighted by Crippen LogP contribution is 2.32. The summed E-state index contributed by atoms with van der Waals surface area (Å²) in [5.74, 6) is 0.705. The van der Waals surface area contributed by atoms with E-state index < -0.39 is 0 Å². The van der Waals surface area contributed by atoms with Crippen molar-refractivity contribution in [3.63, 3.8) is 0 Å². The summed E-state index contributed by atoms with van der Waals surface area (Å²) >= 11 is 0. The van der Waals surface area contributed by atoms with E-state index in [1.54, 1.807) is 6.07 Å². The van der Waals surface area contributed by atoms with Crippen molar-refractivity contribution in [1.29, 1.82) is 0 Å². The SMILES string of the molecule is Cc1cc(CO)nc(C2(C)CCCCO2)n1. The van der Waals surface area contributed by atoms with Crippen LogP contribution in [0.25, 0.3) is 0 Å². The summed E-state index contributed by atoms with van der Waals surface area (Å²) in [6.45, 7) is 4.66. The fraction of sp³-hybridized carbons (Fsp3) is 0.667. The number of hydrogen-bond donors (Lipinski definition) is 1. The minimum Gasteiger partial charge on any atom is -0.390 e. The van der Waals surface area contributed by atoms with Crippen LogP contribution < -0.4 is 0 Å². The molecule has 1 atom stereocenters. The molecule has 2 rings (SSSR count). The number of aliphatic hydroxyl groups excluding tert-OH is 1. The first kappa shape index (κ1) is 11.5. The second kappa shape index (κ2) is 4.47. The van der Waals surface area contributed by atoms with Gasteiger partial charge in [0, 0.05) is 12.3 Å². The largest absolute Gasteiger partial charge is 0.390 e. The number of aryl methyl sites for hydroxylation is 1. The van der Waals surface area contributed by atoms with Crippen molar-refractivity contribution in [2.45, 2.75) is 45.3 Å². The number of rotatable bonds is 2. The molecule has 0 spiro atoms. The quantitative estimate of drug-likeness (QED) is 0.827. The number of ether oxygens (including phenoxy) is 1. The maximum absolute atomic E-state index is 9.14. The molecule has 1 aromatic rings. The van der Waals surface area contributed by atoms with Crippen molar-refractivity contribution in [2.75, 3.05) is 6.61 Å². The molecule has 16 heavy (non-hydrogen) atoms. The van der Waals surface area contributed by atoms with E-state index in [1.807, 2.05) is 13.8 Å². The smallest absolute Gasteiger partial charge is 0.160 e. The second-order valence-corrected chi connectivity index (χ2v) is 4.52. The van der Waals surface area contributed by atoms with Gasteiger partial charge in [0.15, 0.2) is 5.82 Å². The Labute approximate surface area is 95.7 Å². The van der Waals surface area contributed by atoms with Crippen LogP contribution in [0.5, 0.6) is 0 Å². The van der Waals surface area contributed by atoms with Crippen LogP contribution in [0.4, 0.5) is 0 Å². The van der Waals surface area contributed by atoms with Gasteiger partial charge >= 0.3 is 0 Å².